The molecule has 0 saturated heterocycles. The maximum absolute atomic E-state index is 2.54. The minimum absolute atomic E-state index is 0.581. The van der Waals surface area contributed by atoms with Gasteiger partial charge in [-0.2, -0.15) is 0 Å². The van der Waals surface area contributed by atoms with Gasteiger partial charge in [0, 0.05) is 11.8 Å². The van der Waals surface area contributed by atoms with E-state index in [2.05, 4.69) is 39.8 Å². The van der Waals surface area contributed by atoms with Crippen LogP contribution in [-0.4, -0.2) is 0 Å². The van der Waals surface area contributed by atoms with Gasteiger partial charge in [-0.1, -0.05) is 25.0 Å². The molecule has 2 atom stereocenters. The van der Waals surface area contributed by atoms with E-state index in [-0.39, 0.29) is 0 Å². The van der Waals surface area contributed by atoms with Crippen molar-refractivity contribution in [1.82, 2.24) is 0 Å². The first-order valence-electron chi connectivity index (χ1n) is 7.86. The lowest BCUT2D eigenvalue weighted by molar-refractivity contribution is 0.275. The Balaban J connectivity index is 2.02. The molecule has 1 aromatic rings. The molecule has 1 saturated carbocycles. The van der Waals surface area contributed by atoms with Crippen molar-refractivity contribution in [1.29, 1.82) is 0 Å². The molecule has 0 N–H and O–H groups in total. The average molecular weight is 252 g/mol. The minimum atomic E-state index is 0.581. The van der Waals surface area contributed by atoms with Crippen LogP contribution in [-0.2, 0) is 0 Å². The van der Waals surface area contributed by atoms with Gasteiger partial charge in [0.05, 0.1) is 0 Å². The molecular formula is C19H24. The fourth-order valence-electron chi connectivity index (χ4n) is 5.39. The summed E-state index contributed by atoms with van der Waals surface area (Å²) in [5, 5.41) is 0. The predicted molar refractivity (Wildman–Crippen MR) is 80.9 cm³/mol. The predicted octanol–water partition coefficient (Wildman–Crippen LogP) is 5.23. The van der Waals surface area contributed by atoms with Crippen molar-refractivity contribution in [2.45, 2.75) is 65.2 Å². The van der Waals surface area contributed by atoms with Crippen molar-refractivity contribution in [3.8, 4) is 0 Å². The van der Waals surface area contributed by atoms with Gasteiger partial charge >= 0.3 is 0 Å². The van der Waals surface area contributed by atoms with E-state index in [9.17, 15) is 0 Å². The maximum atomic E-state index is 2.54. The molecule has 0 unspecified atom stereocenters. The van der Waals surface area contributed by atoms with Gasteiger partial charge in [0.25, 0.3) is 0 Å². The molecule has 2 bridgehead atoms. The highest BCUT2D eigenvalue weighted by molar-refractivity contribution is 5.62. The zero-order valence-electron chi connectivity index (χ0n) is 12.6. The topological polar surface area (TPSA) is 0 Å². The Morgan fingerprint density at radius 2 is 1.16 bits per heavy atom. The molecule has 3 aliphatic carbocycles. The molecule has 100 valence electrons. The monoisotopic (exact) mass is 252 g/mol. The van der Waals surface area contributed by atoms with E-state index in [1.165, 1.54) is 36.8 Å². The van der Waals surface area contributed by atoms with Crippen LogP contribution >= 0.6 is 0 Å². The van der Waals surface area contributed by atoms with Gasteiger partial charge in [0.15, 0.2) is 0 Å². The van der Waals surface area contributed by atoms with Crippen molar-refractivity contribution in [3.05, 3.63) is 45.5 Å². The molecule has 1 aromatic carbocycles. The fourth-order valence-corrected chi connectivity index (χ4v) is 5.39. The smallest absolute Gasteiger partial charge is 0.00893 e. The van der Waals surface area contributed by atoms with Crippen LogP contribution in [0.4, 0.5) is 0 Å². The molecule has 0 aromatic heterocycles. The molecule has 0 heteroatoms. The van der Waals surface area contributed by atoms with E-state index in [4.69, 9.17) is 0 Å². The van der Waals surface area contributed by atoms with E-state index >= 15 is 0 Å². The molecule has 4 rings (SSSR count). The Hall–Kier alpha value is -1.04. The zero-order chi connectivity index (χ0) is 13.4. The van der Waals surface area contributed by atoms with Crippen LogP contribution in [0.5, 0.6) is 0 Å². The van der Waals surface area contributed by atoms with Gasteiger partial charge in [-0.15, -0.1) is 0 Å². The first kappa shape index (κ1) is 11.8. The molecule has 0 radical (unpaired) electrons. The van der Waals surface area contributed by atoms with Gasteiger partial charge in [-0.3, -0.25) is 0 Å². The van der Waals surface area contributed by atoms with Crippen molar-refractivity contribution >= 4 is 0 Å². The molecule has 0 nitrogen and oxygen atoms in total. The number of hydrogen-bond acceptors (Lipinski definition) is 0. The van der Waals surface area contributed by atoms with Gasteiger partial charge in [-0.05, 0) is 79.3 Å². The van der Waals surface area contributed by atoms with Crippen LogP contribution in [0.3, 0.4) is 0 Å². The SMILES string of the molecule is Cc1c(C)c(C)c2c(c1C)[C@@H]1C=C[C@@H]2C12CCCC2. The summed E-state index contributed by atoms with van der Waals surface area (Å²) in [6.07, 6.45) is 10.9. The van der Waals surface area contributed by atoms with E-state index in [1.54, 1.807) is 22.3 Å². The minimum Gasteiger partial charge on any atom is -0.0798 e. The second kappa shape index (κ2) is 3.53. The van der Waals surface area contributed by atoms with E-state index in [0.29, 0.717) is 5.41 Å². The van der Waals surface area contributed by atoms with Gasteiger partial charge in [0.1, 0.15) is 0 Å². The Morgan fingerprint density at radius 1 is 0.737 bits per heavy atom. The first-order chi connectivity index (χ1) is 9.08. The zero-order valence-corrected chi connectivity index (χ0v) is 12.6. The highest BCUT2D eigenvalue weighted by Crippen LogP contribution is 2.68. The van der Waals surface area contributed by atoms with Crippen LogP contribution < -0.4 is 0 Å². The van der Waals surface area contributed by atoms with Crippen molar-refractivity contribution in [2.75, 3.05) is 0 Å². The van der Waals surface area contributed by atoms with E-state index in [1.807, 2.05) is 0 Å². The number of fused-ring (bicyclic) bond motifs is 3. The summed E-state index contributed by atoms with van der Waals surface area (Å²) in [6.45, 7) is 9.35. The molecule has 0 aliphatic heterocycles. The van der Waals surface area contributed by atoms with Crippen LogP contribution in [0.2, 0.25) is 0 Å². The Kier molecular flexibility index (Phi) is 2.19. The maximum Gasteiger partial charge on any atom is 0.00893 e. The third-order valence-corrected chi connectivity index (χ3v) is 6.68. The quantitative estimate of drug-likeness (QED) is 0.554. The summed E-state index contributed by atoms with van der Waals surface area (Å²) in [5.41, 5.74) is 10.3. The van der Waals surface area contributed by atoms with E-state index < -0.39 is 0 Å². The number of rotatable bonds is 0. The lowest BCUT2D eigenvalue weighted by atomic mass is 9.73. The molecular weight excluding hydrogens is 228 g/mol. The molecule has 0 amide bonds. The standard InChI is InChI=1S/C19H24/c1-11-12(2)14(4)18-16-8-7-15(17(18)13(11)3)19(16)9-5-6-10-19/h7-8,15-16H,5-6,9-10H2,1-4H3/t15-,16-/m0/s1. The highest BCUT2D eigenvalue weighted by atomic mass is 14.6. The summed E-state index contributed by atoms with van der Waals surface area (Å²) in [5.74, 6) is 1.46. The van der Waals surface area contributed by atoms with Crippen LogP contribution in [0.25, 0.3) is 0 Å². The van der Waals surface area contributed by atoms with Gasteiger partial charge in [0.2, 0.25) is 0 Å². The van der Waals surface area contributed by atoms with Gasteiger partial charge in [-0.25, -0.2) is 0 Å². The van der Waals surface area contributed by atoms with Crippen LogP contribution in [0.1, 0.15) is 70.9 Å². The highest BCUT2D eigenvalue weighted by Gasteiger charge is 2.56. The van der Waals surface area contributed by atoms with Crippen molar-refractivity contribution in [3.63, 3.8) is 0 Å². The molecule has 1 fully saturated rings. The molecule has 19 heavy (non-hydrogen) atoms. The van der Waals surface area contributed by atoms with Crippen LogP contribution in [0, 0.1) is 33.1 Å². The third-order valence-electron chi connectivity index (χ3n) is 6.68. The normalized spacial score (nSPS) is 29.5. The van der Waals surface area contributed by atoms with E-state index in [0.717, 1.165) is 11.8 Å². The first-order valence-corrected chi connectivity index (χ1v) is 7.86. The van der Waals surface area contributed by atoms with Crippen molar-refractivity contribution in [2.24, 2.45) is 5.41 Å². The van der Waals surface area contributed by atoms with Crippen LogP contribution in [0.15, 0.2) is 12.2 Å². The Bertz CT molecular complexity index is 550. The van der Waals surface area contributed by atoms with Gasteiger partial charge < -0.3 is 0 Å². The summed E-state index contributed by atoms with van der Waals surface area (Å²) in [4.78, 5) is 0. The summed E-state index contributed by atoms with van der Waals surface area (Å²) in [7, 11) is 0. The fraction of sp³-hybridized carbons (Fsp3) is 0.579. The summed E-state index contributed by atoms with van der Waals surface area (Å²) >= 11 is 0. The molecule has 1 spiro atoms. The molecule has 0 heterocycles. The Labute approximate surface area is 116 Å². The largest absolute Gasteiger partial charge is 0.0798 e. The summed E-state index contributed by atoms with van der Waals surface area (Å²) < 4.78 is 0. The number of allylic oxidation sites excluding steroid dienone is 2. The lowest BCUT2D eigenvalue weighted by Crippen LogP contribution is -2.20. The second-order valence-electron chi connectivity index (χ2n) is 7.11. The van der Waals surface area contributed by atoms with Crippen molar-refractivity contribution < 1.29 is 0 Å². The Morgan fingerprint density at radius 3 is 1.58 bits per heavy atom. The average Bonchev–Trinajstić information content (AvgIpc) is 3.10. The lowest BCUT2D eigenvalue weighted by Gasteiger charge is -2.30. The molecule has 3 aliphatic rings. The number of benzene rings is 1. The second-order valence-corrected chi connectivity index (χ2v) is 7.11. The number of hydrogen-bond donors (Lipinski definition) is 0. The third kappa shape index (κ3) is 1.17. The summed E-state index contributed by atoms with van der Waals surface area (Å²) in [6, 6.07) is 0.